The van der Waals surface area contributed by atoms with Crippen LogP contribution in [0.1, 0.15) is 23.2 Å². The molecule has 0 unspecified atom stereocenters. The number of benzene rings is 1. The van der Waals surface area contributed by atoms with E-state index >= 15 is 0 Å². The van der Waals surface area contributed by atoms with Gasteiger partial charge in [0.25, 0.3) is 5.91 Å². The van der Waals surface area contributed by atoms with Crippen molar-refractivity contribution in [3.63, 3.8) is 0 Å². The first-order valence-corrected chi connectivity index (χ1v) is 5.64. The highest BCUT2D eigenvalue weighted by atomic mass is 35.5. The number of hydrogen-bond donors (Lipinski definition) is 1. The van der Waals surface area contributed by atoms with E-state index in [1.807, 2.05) is 0 Å². The van der Waals surface area contributed by atoms with Crippen molar-refractivity contribution in [3.8, 4) is 0 Å². The van der Waals surface area contributed by atoms with Crippen molar-refractivity contribution in [1.82, 2.24) is 5.32 Å². The van der Waals surface area contributed by atoms with Crippen molar-refractivity contribution in [2.75, 3.05) is 20.3 Å². The number of rotatable bonds is 6. The molecule has 1 aromatic rings. The molecule has 0 fully saturated rings. The van der Waals surface area contributed by atoms with Crippen LogP contribution >= 0.6 is 11.6 Å². The summed E-state index contributed by atoms with van der Waals surface area (Å²) in [5, 5.41) is 3.48. The topological polar surface area (TPSA) is 38.3 Å². The van der Waals surface area contributed by atoms with Crippen LogP contribution in [0.4, 0.5) is 0 Å². The van der Waals surface area contributed by atoms with Gasteiger partial charge in [-0.1, -0.05) is 11.6 Å². The molecule has 0 spiro atoms. The van der Waals surface area contributed by atoms with E-state index < -0.39 is 0 Å². The average molecular weight is 242 g/mol. The molecule has 4 heteroatoms. The Morgan fingerprint density at radius 2 is 2.00 bits per heavy atom. The molecule has 0 bridgehead atoms. The van der Waals surface area contributed by atoms with Crippen molar-refractivity contribution in [1.29, 1.82) is 0 Å². The van der Waals surface area contributed by atoms with Crippen LogP contribution in [0, 0.1) is 0 Å². The minimum Gasteiger partial charge on any atom is -0.385 e. The fraction of sp³-hybridized carbons (Fsp3) is 0.417. The van der Waals surface area contributed by atoms with Crippen LogP contribution in [-0.2, 0) is 4.74 Å². The Balaban J connectivity index is 2.27. The second kappa shape index (κ2) is 7.25. The van der Waals surface area contributed by atoms with E-state index in [0.29, 0.717) is 17.1 Å². The summed E-state index contributed by atoms with van der Waals surface area (Å²) in [6.45, 7) is 1.40. The van der Waals surface area contributed by atoms with Crippen LogP contribution in [0.3, 0.4) is 0 Å². The zero-order valence-electron chi connectivity index (χ0n) is 9.33. The summed E-state index contributed by atoms with van der Waals surface area (Å²) >= 11 is 5.73. The first kappa shape index (κ1) is 13.0. The number of nitrogens with one attached hydrogen (secondary N) is 1. The van der Waals surface area contributed by atoms with Gasteiger partial charge in [-0.05, 0) is 37.1 Å². The molecule has 0 aliphatic heterocycles. The van der Waals surface area contributed by atoms with Crippen molar-refractivity contribution in [2.24, 2.45) is 0 Å². The Labute approximate surface area is 101 Å². The first-order chi connectivity index (χ1) is 7.74. The molecule has 0 aliphatic rings. The van der Waals surface area contributed by atoms with Gasteiger partial charge in [-0.15, -0.1) is 0 Å². The Kier molecular flexibility index (Phi) is 5.90. The van der Waals surface area contributed by atoms with Crippen molar-refractivity contribution in [3.05, 3.63) is 34.9 Å². The van der Waals surface area contributed by atoms with Gasteiger partial charge < -0.3 is 10.1 Å². The fourth-order valence-corrected chi connectivity index (χ4v) is 1.40. The summed E-state index contributed by atoms with van der Waals surface area (Å²) < 4.78 is 4.92. The third-order valence-electron chi connectivity index (χ3n) is 2.17. The van der Waals surface area contributed by atoms with E-state index in [9.17, 15) is 4.79 Å². The Morgan fingerprint density at radius 1 is 1.31 bits per heavy atom. The van der Waals surface area contributed by atoms with Crippen LogP contribution in [-0.4, -0.2) is 26.2 Å². The number of amides is 1. The molecule has 3 nitrogen and oxygen atoms in total. The van der Waals surface area contributed by atoms with Crippen LogP contribution in [0.25, 0.3) is 0 Å². The van der Waals surface area contributed by atoms with Crippen molar-refractivity contribution < 1.29 is 9.53 Å². The van der Waals surface area contributed by atoms with Gasteiger partial charge in [-0.2, -0.15) is 0 Å². The molecule has 1 rings (SSSR count). The van der Waals surface area contributed by atoms with E-state index in [1.54, 1.807) is 31.4 Å². The molecule has 0 aromatic heterocycles. The summed E-state index contributed by atoms with van der Waals surface area (Å²) in [6, 6.07) is 6.85. The predicted molar refractivity (Wildman–Crippen MR) is 64.9 cm³/mol. The number of halogens is 1. The third-order valence-corrected chi connectivity index (χ3v) is 2.42. The van der Waals surface area contributed by atoms with E-state index in [4.69, 9.17) is 16.3 Å². The van der Waals surface area contributed by atoms with Gasteiger partial charge >= 0.3 is 0 Å². The normalized spacial score (nSPS) is 10.1. The molecule has 1 amide bonds. The minimum absolute atomic E-state index is 0.0610. The average Bonchev–Trinajstić information content (AvgIpc) is 2.29. The molecule has 1 aromatic carbocycles. The largest absolute Gasteiger partial charge is 0.385 e. The van der Waals surface area contributed by atoms with Crippen LogP contribution in [0.5, 0.6) is 0 Å². The van der Waals surface area contributed by atoms with Gasteiger partial charge in [0, 0.05) is 30.8 Å². The Morgan fingerprint density at radius 3 is 2.62 bits per heavy atom. The lowest BCUT2D eigenvalue weighted by Gasteiger charge is -2.04. The first-order valence-electron chi connectivity index (χ1n) is 5.26. The monoisotopic (exact) mass is 241 g/mol. The fourth-order valence-electron chi connectivity index (χ4n) is 1.28. The highest BCUT2D eigenvalue weighted by molar-refractivity contribution is 6.30. The second-order valence-electron chi connectivity index (χ2n) is 3.46. The molecule has 88 valence electrons. The molecular formula is C12H16ClNO2. The van der Waals surface area contributed by atoms with Gasteiger partial charge in [0.1, 0.15) is 0 Å². The van der Waals surface area contributed by atoms with Crippen LogP contribution in [0.2, 0.25) is 5.02 Å². The Bertz CT molecular complexity index is 324. The third kappa shape index (κ3) is 4.64. The van der Waals surface area contributed by atoms with Gasteiger partial charge in [-0.3, -0.25) is 4.79 Å². The lowest BCUT2D eigenvalue weighted by Crippen LogP contribution is -2.24. The highest BCUT2D eigenvalue weighted by Gasteiger charge is 2.03. The summed E-state index contributed by atoms with van der Waals surface area (Å²) in [5.74, 6) is -0.0610. The predicted octanol–water partition coefficient (Wildman–Crippen LogP) is 2.50. The van der Waals surface area contributed by atoms with Crippen molar-refractivity contribution in [2.45, 2.75) is 12.8 Å². The molecule has 0 heterocycles. The van der Waals surface area contributed by atoms with Crippen molar-refractivity contribution >= 4 is 17.5 Å². The summed E-state index contributed by atoms with van der Waals surface area (Å²) in [5.41, 5.74) is 0.635. The van der Waals surface area contributed by atoms with Gasteiger partial charge in [0.05, 0.1) is 0 Å². The molecule has 0 saturated carbocycles. The van der Waals surface area contributed by atoms with Gasteiger partial charge in [-0.25, -0.2) is 0 Å². The maximum absolute atomic E-state index is 11.6. The zero-order chi connectivity index (χ0) is 11.8. The lowest BCUT2D eigenvalue weighted by atomic mass is 10.2. The lowest BCUT2D eigenvalue weighted by molar-refractivity contribution is 0.0951. The Hall–Kier alpha value is -1.06. The molecule has 1 N–H and O–H groups in total. The van der Waals surface area contributed by atoms with E-state index in [2.05, 4.69) is 5.32 Å². The summed E-state index contributed by atoms with van der Waals surface area (Å²) in [4.78, 5) is 11.6. The number of carbonyl (C=O) groups excluding carboxylic acids is 1. The standard InChI is InChI=1S/C12H16ClNO2/c1-16-9-3-2-8-14-12(15)10-4-6-11(13)7-5-10/h4-7H,2-3,8-9H2,1H3,(H,14,15). The number of methoxy groups -OCH3 is 1. The molecule has 0 atom stereocenters. The van der Waals surface area contributed by atoms with Crippen LogP contribution in [0.15, 0.2) is 24.3 Å². The van der Waals surface area contributed by atoms with E-state index in [1.165, 1.54) is 0 Å². The zero-order valence-corrected chi connectivity index (χ0v) is 10.1. The SMILES string of the molecule is COCCCCNC(=O)c1ccc(Cl)cc1. The maximum Gasteiger partial charge on any atom is 0.251 e. The second-order valence-corrected chi connectivity index (χ2v) is 3.90. The molecule has 0 radical (unpaired) electrons. The maximum atomic E-state index is 11.6. The van der Waals surface area contributed by atoms with E-state index in [-0.39, 0.29) is 5.91 Å². The molecule has 0 saturated heterocycles. The number of hydrogen-bond acceptors (Lipinski definition) is 2. The van der Waals surface area contributed by atoms with Gasteiger partial charge in [0.15, 0.2) is 0 Å². The smallest absolute Gasteiger partial charge is 0.251 e. The number of unbranched alkanes of at least 4 members (excludes halogenated alkanes) is 1. The molecule has 16 heavy (non-hydrogen) atoms. The number of ether oxygens (including phenoxy) is 1. The minimum atomic E-state index is -0.0610. The quantitative estimate of drug-likeness (QED) is 0.778. The number of carbonyl (C=O) groups is 1. The molecular weight excluding hydrogens is 226 g/mol. The van der Waals surface area contributed by atoms with Gasteiger partial charge in [0.2, 0.25) is 0 Å². The summed E-state index contributed by atoms with van der Waals surface area (Å²) in [6.07, 6.45) is 1.88. The van der Waals surface area contributed by atoms with Crippen LogP contribution < -0.4 is 5.32 Å². The summed E-state index contributed by atoms with van der Waals surface area (Å²) in [7, 11) is 1.67. The molecule has 0 aliphatic carbocycles. The highest BCUT2D eigenvalue weighted by Crippen LogP contribution is 2.09. The van der Waals surface area contributed by atoms with E-state index in [0.717, 1.165) is 19.4 Å².